The predicted molar refractivity (Wildman–Crippen MR) is 79.5 cm³/mol. The zero-order valence-electron chi connectivity index (χ0n) is 10.5. The van der Waals surface area contributed by atoms with Crippen molar-refractivity contribution in [3.8, 4) is 0 Å². The van der Waals surface area contributed by atoms with Crippen LogP contribution in [0.4, 0.5) is 11.4 Å². The standard InChI is InChI=1S/C15H14N2OS/c1-10(18)11-9-16-12-5-2-3-6-13(12)17-15(11)14-7-4-8-19-14/h2-9,15-17H,1H3. The van der Waals surface area contributed by atoms with Crippen LogP contribution in [0.15, 0.2) is 53.6 Å². The molecule has 0 fully saturated rings. The van der Waals surface area contributed by atoms with Crippen LogP contribution in [0, 0.1) is 0 Å². The largest absolute Gasteiger partial charge is 0.372 e. The lowest BCUT2D eigenvalue weighted by atomic mass is 10.0. The second-order valence-electron chi connectivity index (χ2n) is 4.44. The summed E-state index contributed by atoms with van der Waals surface area (Å²) in [5.41, 5.74) is 2.74. The second-order valence-corrected chi connectivity index (χ2v) is 5.42. The molecule has 3 nitrogen and oxygen atoms in total. The van der Waals surface area contributed by atoms with Gasteiger partial charge in [-0.05, 0) is 30.5 Å². The Hall–Kier alpha value is -2.07. The Morgan fingerprint density at radius 1 is 1.16 bits per heavy atom. The molecule has 0 spiro atoms. The van der Waals surface area contributed by atoms with Crippen LogP contribution < -0.4 is 10.6 Å². The number of Topliss-reactive ketones (excluding diaryl/α,β-unsaturated/α-hetero) is 1. The molecule has 0 bridgehead atoms. The monoisotopic (exact) mass is 270 g/mol. The highest BCUT2D eigenvalue weighted by atomic mass is 32.1. The molecule has 1 aliphatic rings. The summed E-state index contributed by atoms with van der Waals surface area (Å²) in [4.78, 5) is 13.0. The molecule has 96 valence electrons. The molecule has 1 atom stereocenters. The predicted octanol–water partition coefficient (Wildman–Crippen LogP) is 3.80. The third-order valence-corrected chi connectivity index (χ3v) is 4.09. The van der Waals surface area contributed by atoms with Gasteiger partial charge in [0.1, 0.15) is 0 Å². The van der Waals surface area contributed by atoms with Crippen molar-refractivity contribution >= 4 is 28.5 Å². The van der Waals surface area contributed by atoms with Gasteiger partial charge in [0.15, 0.2) is 5.78 Å². The van der Waals surface area contributed by atoms with Crippen molar-refractivity contribution in [1.29, 1.82) is 0 Å². The fourth-order valence-electron chi connectivity index (χ4n) is 2.19. The number of benzene rings is 1. The van der Waals surface area contributed by atoms with Crippen LogP contribution in [0.2, 0.25) is 0 Å². The van der Waals surface area contributed by atoms with Gasteiger partial charge in [-0.25, -0.2) is 0 Å². The normalized spacial score (nSPS) is 17.5. The lowest BCUT2D eigenvalue weighted by Crippen LogP contribution is -2.15. The molecule has 2 aromatic rings. The molecule has 19 heavy (non-hydrogen) atoms. The maximum Gasteiger partial charge on any atom is 0.159 e. The average Bonchev–Trinajstić information content (AvgIpc) is 2.85. The van der Waals surface area contributed by atoms with Crippen LogP contribution in [0.25, 0.3) is 0 Å². The average molecular weight is 270 g/mol. The van der Waals surface area contributed by atoms with E-state index in [1.807, 2.05) is 48.0 Å². The van der Waals surface area contributed by atoms with E-state index in [1.165, 1.54) is 0 Å². The number of nitrogens with one attached hydrogen (secondary N) is 2. The summed E-state index contributed by atoms with van der Waals surface area (Å²) in [7, 11) is 0. The molecular formula is C15H14N2OS. The van der Waals surface area contributed by atoms with Crippen LogP contribution >= 0.6 is 11.3 Å². The third kappa shape index (κ3) is 2.27. The fraction of sp³-hybridized carbons (Fsp3) is 0.133. The van der Waals surface area contributed by atoms with E-state index in [0.29, 0.717) is 0 Å². The van der Waals surface area contributed by atoms with Gasteiger partial charge in [0, 0.05) is 16.7 Å². The number of ketones is 1. The minimum Gasteiger partial charge on any atom is -0.372 e. The van der Waals surface area contributed by atoms with Crippen molar-refractivity contribution in [3.05, 3.63) is 58.4 Å². The quantitative estimate of drug-likeness (QED) is 0.872. The maximum atomic E-state index is 11.9. The second kappa shape index (κ2) is 4.90. The van der Waals surface area contributed by atoms with Crippen LogP contribution in [-0.2, 0) is 4.79 Å². The minimum atomic E-state index is -0.0892. The minimum absolute atomic E-state index is 0.0752. The molecule has 0 saturated heterocycles. The van der Waals surface area contributed by atoms with Gasteiger partial charge in [-0.15, -0.1) is 11.3 Å². The SMILES string of the molecule is CC(=O)C1=CNc2ccccc2NC1c1cccs1. The Morgan fingerprint density at radius 2 is 1.95 bits per heavy atom. The van der Waals surface area contributed by atoms with Gasteiger partial charge < -0.3 is 10.6 Å². The number of rotatable bonds is 2. The van der Waals surface area contributed by atoms with Crippen LogP contribution in [0.1, 0.15) is 17.8 Å². The molecule has 2 N–H and O–H groups in total. The van der Waals surface area contributed by atoms with Gasteiger partial charge in [0.05, 0.1) is 17.4 Å². The Morgan fingerprint density at radius 3 is 2.63 bits per heavy atom. The Balaban J connectivity index is 2.07. The molecule has 0 radical (unpaired) electrons. The van der Waals surface area contributed by atoms with Gasteiger partial charge in [-0.1, -0.05) is 18.2 Å². The molecule has 3 rings (SSSR count). The Labute approximate surface area is 116 Å². The van der Waals surface area contributed by atoms with Gasteiger partial charge in [0.2, 0.25) is 0 Å². The van der Waals surface area contributed by atoms with Crippen molar-refractivity contribution in [2.45, 2.75) is 13.0 Å². The number of thiophene rings is 1. The maximum absolute atomic E-state index is 11.9. The summed E-state index contributed by atoms with van der Waals surface area (Å²) < 4.78 is 0. The van der Waals surface area contributed by atoms with Gasteiger partial charge >= 0.3 is 0 Å². The van der Waals surface area contributed by atoms with E-state index in [2.05, 4.69) is 10.6 Å². The number of carbonyl (C=O) groups excluding carboxylic acids is 1. The molecule has 0 aliphatic carbocycles. The van der Waals surface area contributed by atoms with Gasteiger partial charge in [-0.3, -0.25) is 4.79 Å². The van der Waals surface area contributed by atoms with Gasteiger partial charge in [0.25, 0.3) is 0 Å². The highest BCUT2D eigenvalue weighted by Crippen LogP contribution is 2.35. The number of carbonyl (C=O) groups is 1. The smallest absolute Gasteiger partial charge is 0.159 e. The number of anilines is 2. The van der Waals surface area contributed by atoms with Crippen LogP contribution in [-0.4, -0.2) is 5.78 Å². The zero-order valence-corrected chi connectivity index (χ0v) is 11.3. The van der Waals surface area contributed by atoms with E-state index in [1.54, 1.807) is 18.3 Å². The van der Waals surface area contributed by atoms with E-state index >= 15 is 0 Å². The van der Waals surface area contributed by atoms with Crippen molar-refractivity contribution in [2.24, 2.45) is 0 Å². The summed E-state index contributed by atoms with van der Waals surface area (Å²) in [6.45, 7) is 1.60. The van der Waals surface area contributed by atoms with Crippen molar-refractivity contribution in [3.63, 3.8) is 0 Å². The first-order valence-corrected chi connectivity index (χ1v) is 7.00. The highest BCUT2D eigenvalue weighted by molar-refractivity contribution is 7.10. The first-order valence-electron chi connectivity index (χ1n) is 6.12. The molecule has 0 saturated carbocycles. The lowest BCUT2D eigenvalue weighted by molar-refractivity contribution is -0.113. The first-order chi connectivity index (χ1) is 9.25. The first kappa shape index (κ1) is 12.0. The number of fused-ring (bicyclic) bond motifs is 1. The zero-order chi connectivity index (χ0) is 13.2. The molecule has 4 heteroatoms. The van der Waals surface area contributed by atoms with E-state index in [9.17, 15) is 4.79 Å². The third-order valence-electron chi connectivity index (χ3n) is 3.16. The van der Waals surface area contributed by atoms with E-state index in [4.69, 9.17) is 0 Å². The molecular weight excluding hydrogens is 256 g/mol. The number of para-hydroxylation sites is 2. The Kier molecular flexibility index (Phi) is 3.09. The van der Waals surface area contributed by atoms with Crippen molar-refractivity contribution in [2.75, 3.05) is 10.6 Å². The number of hydrogen-bond donors (Lipinski definition) is 2. The van der Waals surface area contributed by atoms with Gasteiger partial charge in [-0.2, -0.15) is 0 Å². The summed E-state index contributed by atoms with van der Waals surface area (Å²) in [6.07, 6.45) is 1.81. The Bertz CT molecular complexity index is 631. The summed E-state index contributed by atoms with van der Waals surface area (Å²) in [5.74, 6) is 0.0752. The lowest BCUT2D eigenvalue weighted by Gasteiger charge is -2.18. The number of hydrogen-bond acceptors (Lipinski definition) is 4. The summed E-state index contributed by atoms with van der Waals surface area (Å²) in [5, 5.41) is 8.69. The molecule has 1 unspecified atom stereocenters. The molecule has 1 aromatic heterocycles. The summed E-state index contributed by atoms with van der Waals surface area (Å²) in [6, 6.07) is 11.9. The highest BCUT2D eigenvalue weighted by Gasteiger charge is 2.24. The van der Waals surface area contributed by atoms with Crippen LogP contribution in [0.5, 0.6) is 0 Å². The molecule has 0 amide bonds. The fourth-order valence-corrected chi connectivity index (χ4v) is 2.99. The van der Waals surface area contributed by atoms with Crippen molar-refractivity contribution < 1.29 is 4.79 Å². The topological polar surface area (TPSA) is 41.1 Å². The van der Waals surface area contributed by atoms with Crippen LogP contribution in [0.3, 0.4) is 0 Å². The molecule has 1 aliphatic heterocycles. The van der Waals surface area contributed by atoms with E-state index < -0.39 is 0 Å². The molecule has 2 heterocycles. The van der Waals surface area contributed by atoms with Crippen molar-refractivity contribution in [1.82, 2.24) is 0 Å². The summed E-state index contributed by atoms with van der Waals surface area (Å²) >= 11 is 1.65. The van der Waals surface area contributed by atoms with E-state index in [-0.39, 0.29) is 11.8 Å². The molecule has 1 aromatic carbocycles. The van der Waals surface area contributed by atoms with E-state index in [0.717, 1.165) is 21.8 Å².